The van der Waals surface area contributed by atoms with Gasteiger partial charge in [0.25, 0.3) is 5.91 Å². The van der Waals surface area contributed by atoms with Crippen LogP contribution in [0.2, 0.25) is 10.0 Å². The second-order valence-electron chi connectivity index (χ2n) is 10.3. The van der Waals surface area contributed by atoms with E-state index in [9.17, 15) is 13.6 Å². The molecular weight excluding hydrogens is 543 g/mol. The highest BCUT2D eigenvalue weighted by atomic mass is 35.5. The van der Waals surface area contributed by atoms with Crippen LogP contribution < -0.4 is 0 Å². The maximum atomic E-state index is 13.6. The van der Waals surface area contributed by atoms with Gasteiger partial charge < -0.3 is 14.3 Å². The lowest BCUT2D eigenvalue weighted by molar-refractivity contribution is 0.0630. The standard InChI is InChI=1S/C30H27Cl2F2N3O2/c31-25-8-7-22-23(28(25)32)11-16-37(30(38)19-1-3-20(33)4-2-19)26(22)12-15-36-13-9-18(10-14-36)29-24-6-5-21(34)17-27(24)39-35-29/h1-8,17-18,26H,9-16H2. The number of nitrogens with zero attached hydrogens (tertiary/aromatic N) is 3. The molecule has 1 atom stereocenters. The molecule has 39 heavy (non-hydrogen) atoms. The highest BCUT2D eigenvalue weighted by Gasteiger charge is 2.34. The first kappa shape index (κ1) is 26.2. The molecule has 5 nitrogen and oxygen atoms in total. The third-order valence-corrected chi connectivity index (χ3v) is 8.92. The molecule has 0 N–H and O–H groups in total. The van der Waals surface area contributed by atoms with Crippen molar-refractivity contribution < 1.29 is 18.1 Å². The average Bonchev–Trinajstić information content (AvgIpc) is 3.37. The van der Waals surface area contributed by atoms with Crippen molar-refractivity contribution in [3.05, 3.63) is 98.7 Å². The summed E-state index contributed by atoms with van der Waals surface area (Å²) in [7, 11) is 0. The van der Waals surface area contributed by atoms with Crippen LogP contribution in [-0.2, 0) is 6.42 Å². The summed E-state index contributed by atoms with van der Waals surface area (Å²) in [6.07, 6.45) is 3.17. The van der Waals surface area contributed by atoms with E-state index in [2.05, 4.69) is 10.1 Å². The van der Waals surface area contributed by atoms with Crippen LogP contribution in [0.5, 0.6) is 0 Å². The second-order valence-corrected chi connectivity index (χ2v) is 11.1. The number of hydrogen-bond acceptors (Lipinski definition) is 4. The summed E-state index contributed by atoms with van der Waals surface area (Å²) in [5.74, 6) is -0.576. The van der Waals surface area contributed by atoms with Crippen molar-refractivity contribution in [2.45, 2.75) is 37.6 Å². The van der Waals surface area contributed by atoms with E-state index in [-0.39, 0.29) is 29.5 Å². The van der Waals surface area contributed by atoms with Gasteiger partial charge in [-0.1, -0.05) is 34.4 Å². The van der Waals surface area contributed by atoms with Crippen LogP contribution in [0.25, 0.3) is 11.0 Å². The molecule has 0 aliphatic carbocycles. The SMILES string of the molecule is O=C(c1ccc(F)cc1)N1CCc2c(ccc(Cl)c2Cl)C1CCN1CCC(c2noc3cc(F)ccc23)CC1. The van der Waals surface area contributed by atoms with Crippen LogP contribution >= 0.6 is 23.2 Å². The number of halogens is 4. The fourth-order valence-electron chi connectivity index (χ4n) is 6.00. The molecule has 0 bridgehead atoms. The van der Waals surface area contributed by atoms with E-state index in [0.29, 0.717) is 34.2 Å². The van der Waals surface area contributed by atoms with E-state index in [1.54, 1.807) is 12.1 Å². The minimum atomic E-state index is -0.373. The van der Waals surface area contributed by atoms with E-state index in [1.807, 2.05) is 11.0 Å². The summed E-state index contributed by atoms with van der Waals surface area (Å²) >= 11 is 12.9. The predicted octanol–water partition coefficient (Wildman–Crippen LogP) is 7.42. The van der Waals surface area contributed by atoms with Crippen molar-refractivity contribution in [1.29, 1.82) is 0 Å². The molecule has 6 rings (SSSR count). The normalized spacial score (nSPS) is 18.5. The molecule has 2 aliphatic rings. The van der Waals surface area contributed by atoms with Crippen molar-refractivity contribution in [1.82, 2.24) is 15.0 Å². The van der Waals surface area contributed by atoms with Gasteiger partial charge in [-0.15, -0.1) is 0 Å². The summed E-state index contributed by atoms with van der Waals surface area (Å²) in [6.45, 7) is 3.07. The van der Waals surface area contributed by atoms with Crippen LogP contribution in [0.3, 0.4) is 0 Å². The summed E-state index contributed by atoms with van der Waals surface area (Å²) in [6, 6.07) is 13.9. The Kier molecular flexibility index (Phi) is 7.31. The Hall–Kier alpha value is -3.00. The first-order chi connectivity index (χ1) is 18.9. The van der Waals surface area contributed by atoms with Gasteiger partial charge in [0.2, 0.25) is 0 Å². The van der Waals surface area contributed by atoms with Crippen LogP contribution in [0, 0.1) is 11.6 Å². The molecule has 202 valence electrons. The first-order valence-electron chi connectivity index (χ1n) is 13.2. The topological polar surface area (TPSA) is 49.6 Å². The van der Waals surface area contributed by atoms with Crippen molar-refractivity contribution >= 4 is 40.1 Å². The maximum Gasteiger partial charge on any atom is 0.254 e. The van der Waals surface area contributed by atoms with Gasteiger partial charge in [0.15, 0.2) is 5.58 Å². The minimum Gasteiger partial charge on any atom is -0.356 e. The smallest absolute Gasteiger partial charge is 0.254 e. The molecule has 1 amide bonds. The van der Waals surface area contributed by atoms with Gasteiger partial charge >= 0.3 is 0 Å². The van der Waals surface area contributed by atoms with E-state index >= 15 is 0 Å². The van der Waals surface area contributed by atoms with Crippen LogP contribution in [0.1, 0.15) is 58.4 Å². The zero-order chi connectivity index (χ0) is 27.1. The quantitative estimate of drug-likeness (QED) is 0.251. The number of fused-ring (bicyclic) bond motifs is 2. The number of likely N-dealkylation sites (tertiary alicyclic amines) is 1. The lowest BCUT2D eigenvalue weighted by atomic mass is 9.88. The van der Waals surface area contributed by atoms with Gasteiger partial charge in [-0.05, 0) is 92.4 Å². The second kappa shape index (κ2) is 10.9. The molecule has 1 aromatic heterocycles. The summed E-state index contributed by atoms with van der Waals surface area (Å²) in [4.78, 5) is 17.8. The number of carbonyl (C=O) groups excluding carboxylic acids is 1. The Morgan fingerprint density at radius 2 is 1.72 bits per heavy atom. The molecule has 1 unspecified atom stereocenters. The lowest BCUT2D eigenvalue weighted by Gasteiger charge is -2.40. The van der Waals surface area contributed by atoms with Crippen LogP contribution in [0.4, 0.5) is 8.78 Å². The molecule has 0 spiro atoms. The molecule has 3 heterocycles. The highest BCUT2D eigenvalue weighted by Crippen LogP contribution is 2.40. The monoisotopic (exact) mass is 569 g/mol. The molecule has 1 fully saturated rings. The highest BCUT2D eigenvalue weighted by molar-refractivity contribution is 6.42. The molecule has 0 saturated carbocycles. The Bertz CT molecular complexity index is 1520. The first-order valence-corrected chi connectivity index (χ1v) is 13.9. The van der Waals surface area contributed by atoms with Gasteiger partial charge in [-0.2, -0.15) is 0 Å². The molecular formula is C30H27Cl2F2N3O2. The number of aromatic nitrogens is 1. The third kappa shape index (κ3) is 5.15. The number of hydrogen-bond donors (Lipinski definition) is 0. The van der Waals surface area contributed by atoms with Crippen molar-refractivity contribution in [3.8, 4) is 0 Å². The van der Waals surface area contributed by atoms with E-state index in [0.717, 1.165) is 61.1 Å². The Morgan fingerprint density at radius 1 is 0.974 bits per heavy atom. The number of benzene rings is 3. The van der Waals surface area contributed by atoms with Gasteiger partial charge in [0, 0.05) is 36.0 Å². The largest absolute Gasteiger partial charge is 0.356 e. The van der Waals surface area contributed by atoms with Crippen LogP contribution in [-0.4, -0.2) is 47.0 Å². The number of rotatable bonds is 5. The van der Waals surface area contributed by atoms with E-state index in [1.165, 1.54) is 36.4 Å². The molecule has 3 aromatic carbocycles. The minimum absolute atomic E-state index is 0.121. The maximum absolute atomic E-state index is 13.6. The molecule has 2 aliphatic heterocycles. The molecule has 4 aromatic rings. The fourth-order valence-corrected chi connectivity index (χ4v) is 6.45. The number of amides is 1. The zero-order valence-electron chi connectivity index (χ0n) is 21.2. The van der Waals surface area contributed by atoms with Crippen molar-refractivity contribution in [2.24, 2.45) is 0 Å². The van der Waals surface area contributed by atoms with Gasteiger partial charge in [-0.3, -0.25) is 4.79 Å². The molecule has 1 saturated heterocycles. The summed E-state index contributed by atoms with van der Waals surface area (Å²) in [5, 5.41) is 6.19. The third-order valence-electron chi connectivity index (χ3n) is 8.08. The van der Waals surface area contributed by atoms with Gasteiger partial charge in [-0.25, -0.2) is 8.78 Å². The van der Waals surface area contributed by atoms with Gasteiger partial charge in [0.1, 0.15) is 11.6 Å². The van der Waals surface area contributed by atoms with E-state index < -0.39 is 0 Å². The molecule has 9 heteroatoms. The summed E-state index contributed by atoms with van der Waals surface area (Å²) < 4.78 is 32.4. The Balaban J connectivity index is 1.17. The number of piperidine rings is 1. The Morgan fingerprint density at radius 3 is 2.49 bits per heavy atom. The lowest BCUT2D eigenvalue weighted by Crippen LogP contribution is -2.42. The zero-order valence-corrected chi connectivity index (χ0v) is 22.7. The summed E-state index contributed by atoms with van der Waals surface area (Å²) in [5.41, 5.74) is 3.85. The van der Waals surface area contributed by atoms with Crippen molar-refractivity contribution in [2.75, 3.05) is 26.2 Å². The predicted molar refractivity (Wildman–Crippen MR) is 147 cm³/mol. The average molecular weight is 570 g/mol. The molecule has 0 radical (unpaired) electrons. The van der Waals surface area contributed by atoms with Crippen molar-refractivity contribution in [3.63, 3.8) is 0 Å². The number of carbonyl (C=O) groups is 1. The van der Waals surface area contributed by atoms with E-state index in [4.69, 9.17) is 27.7 Å². The fraction of sp³-hybridized carbons (Fsp3) is 0.333. The Labute approximate surface area is 235 Å². The van der Waals surface area contributed by atoms with Gasteiger partial charge in [0.05, 0.1) is 21.8 Å². The van der Waals surface area contributed by atoms with Crippen LogP contribution in [0.15, 0.2) is 59.1 Å².